The average Bonchev–Trinajstić information content (AvgIpc) is 2.43. The molecule has 0 saturated carbocycles. The third kappa shape index (κ3) is 7.16. The maximum Gasteiger partial charge on any atom is 0.405 e. The number of carbonyl (C=O) groups is 1. The molecule has 0 aromatic heterocycles. The summed E-state index contributed by atoms with van der Waals surface area (Å²) in [5.41, 5.74) is 5.13. The van der Waals surface area contributed by atoms with Crippen LogP contribution < -0.4 is 15.8 Å². The van der Waals surface area contributed by atoms with Crippen LogP contribution in [0.4, 0.5) is 13.2 Å². The summed E-state index contributed by atoms with van der Waals surface area (Å²) < 4.78 is 62.5. The lowest BCUT2D eigenvalue weighted by Gasteiger charge is -2.13. The molecule has 0 aliphatic carbocycles. The Morgan fingerprint density at radius 1 is 1.35 bits per heavy atom. The molecule has 0 bridgehead atoms. The Kier molecular flexibility index (Phi) is 7.98. The molecule has 0 unspecified atom stereocenters. The normalized spacial score (nSPS) is 13.1. The summed E-state index contributed by atoms with van der Waals surface area (Å²) in [6.45, 7) is 0.133. The van der Waals surface area contributed by atoms with Crippen molar-refractivity contribution >= 4 is 28.3 Å². The standard InChI is InChI=1S/C12H16F3N3O3S.ClH/c1-8(6-16)18-22(20,21)10-4-2-3-9(5-10)11(19)17-7-12(13,14)15;/h2-5,8,18H,6-7,16H2,1H3,(H,17,19);1H/t8-;/m0./s1. The van der Waals surface area contributed by atoms with Crippen molar-refractivity contribution in [3.8, 4) is 0 Å². The first-order valence-electron chi connectivity index (χ1n) is 6.22. The van der Waals surface area contributed by atoms with Crippen LogP contribution in [0.2, 0.25) is 0 Å². The molecular formula is C12H17ClF3N3O3S. The Balaban J connectivity index is 0.00000484. The minimum absolute atomic E-state index is 0. The Hall–Kier alpha value is -1.36. The maximum atomic E-state index is 12.1. The molecule has 0 aliphatic heterocycles. The minimum Gasteiger partial charge on any atom is -0.343 e. The number of amides is 1. The smallest absolute Gasteiger partial charge is 0.343 e. The second-order valence-electron chi connectivity index (χ2n) is 4.58. The van der Waals surface area contributed by atoms with E-state index in [1.54, 1.807) is 12.2 Å². The lowest BCUT2D eigenvalue weighted by Crippen LogP contribution is -2.38. The van der Waals surface area contributed by atoms with E-state index in [4.69, 9.17) is 5.73 Å². The molecule has 6 nitrogen and oxygen atoms in total. The summed E-state index contributed by atoms with van der Waals surface area (Å²) in [4.78, 5) is 11.4. The number of benzene rings is 1. The van der Waals surface area contributed by atoms with Crippen LogP contribution in [0, 0.1) is 0 Å². The van der Waals surface area contributed by atoms with Crippen molar-refractivity contribution in [2.45, 2.75) is 24.0 Å². The summed E-state index contributed by atoms with van der Waals surface area (Å²) in [5.74, 6) is -1.01. The summed E-state index contributed by atoms with van der Waals surface area (Å²) in [6, 6.07) is 4.19. The van der Waals surface area contributed by atoms with Gasteiger partial charge in [-0.05, 0) is 25.1 Å². The van der Waals surface area contributed by atoms with E-state index in [-0.39, 0.29) is 29.4 Å². The van der Waals surface area contributed by atoms with Crippen molar-refractivity contribution in [3.63, 3.8) is 0 Å². The Morgan fingerprint density at radius 2 is 1.96 bits per heavy atom. The summed E-state index contributed by atoms with van der Waals surface area (Å²) in [5, 5.41) is 1.67. The monoisotopic (exact) mass is 375 g/mol. The van der Waals surface area contributed by atoms with E-state index in [1.807, 2.05) is 0 Å². The zero-order chi connectivity index (χ0) is 17.0. The van der Waals surface area contributed by atoms with Gasteiger partial charge in [0.1, 0.15) is 6.54 Å². The van der Waals surface area contributed by atoms with Gasteiger partial charge in [0, 0.05) is 18.2 Å². The number of alkyl halides is 3. The van der Waals surface area contributed by atoms with Crippen molar-refractivity contribution in [2.24, 2.45) is 5.73 Å². The van der Waals surface area contributed by atoms with Crippen molar-refractivity contribution in [1.82, 2.24) is 10.0 Å². The molecule has 23 heavy (non-hydrogen) atoms. The van der Waals surface area contributed by atoms with Gasteiger partial charge in [-0.3, -0.25) is 4.79 Å². The Morgan fingerprint density at radius 3 is 2.48 bits per heavy atom. The van der Waals surface area contributed by atoms with Gasteiger partial charge in [0.25, 0.3) is 5.91 Å². The number of hydrogen-bond acceptors (Lipinski definition) is 4. The van der Waals surface area contributed by atoms with Gasteiger partial charge in [0.15, 0.2) is 0 Å². The van der Waals surface area contributed by atoms with E-state index in [0.29, 0.717) is 0 Å². The quantitative estimate of drug-likeness (QED) is 0.691. The second kappa shape index (κ2) is 8.48. The number of sulfonamides is 1. The highest BCUT2D eigenvalue weighted by Gasteiger charge is 2.28. The van der Waals surface area contributed by atoms with Crippen LogP contribution in [-0.2, 0) is 10.0 Å². The fraction of sp³-hybridized carbons (Fsp3) is 0.417. The molecule has 0 spiro atoms. The van der Waals surface area contributed by atoms with Crippen LogP contribution in [0.3, 0.4) is 0 Å². The predicted molar refractivity (Wildman–Crippen MR) is 80.9 cm³/mol. The van der Waals surface area contributed by atoms with Gasteiger partial charge >= 0.3 is 6.18 Å². The molecule has 1 amide bonds. The number of carbonyl (C=O) groups excluding carboxylic acids is 1. The highest BCUT2D eigenvalue weighted by Crippen LogP contribution is 2.14. The molecule has 1 aromatic carbocycles. The topological polar surface area (TPSA) is 101 Å². The van der Waals surface area contributed by atoms with Gasteiger partial charge in [-0.25, -0.2) is 13.1 Å². The number of rotatable bonds is 6. The fourth-order valence-corrected chi connectivity index (χ4v) is 2.77. The third-order valence-corrected chi connectivity index (χ3v) is 4.15. The largest absolute Gasteiger partial charge is 0.405 e. The lowest BCUT2D eigenvalue weighted by molar-refractivity contribution is -0.123. The van der Waals surface area contributed by atoms with Gasteiger partial charge in [0.05, 0.1) is 4.90 Å². The SMILES string of the molecule is C[C@@H](CN)NS(=O)(=O)c1cccc(C(=O)NCC(F)(F)F)c1.Cl. The van der Waals surface area contributed by atoms with Crippen LogP contribution in [-0.4, -0.2) is 39.6 Å². The first-order chi connectivity index (χ1) is 10.0. The van der Waals surface area contributed by atoms with Crippen LogP contribution in [0.15, 0.2) is 29.2 Å². The highest BCUT2D eigenvalue weighted by atomic mass is 35.5. The summed E-state index contributed by atoms with van der Waals surface area (Å²) in [7, 11) is -3.90. The van der Waals surface area contributed by atoms with Crippen molar-refractivity contribution in [1.29, 1.82) is 0 Å². The molecule has 0 fully saturated rings. The minimum atomic E-state index is -4.54. The zero-order valence-electron chi connectivity index (χ0n) is 12.1. The Labute approximate surface area is 138 Å². The highest BCUT2D eigenvalue weighted by molar-refractivity contribution is 7.89. The molecule has 132 valence electrons. The molecule has 0 radical (unpaired) electrons. The average molecular weight is 376 g/mol. The molecule has 4 N–H and O–H groups in total. The number of nitrogens with two attached hydrogens (primary N) is 1. The van der Waals surface area contributed by atoms with E-state index < -0.39 is 34.7 Å². The van der Waals surface area contributed by atoms with Crippen LogP contribution in [0.5, 0.6) is 0 Å². The molecular weight excluding hydrogens is 359 g/mol. The molecule has 11 heteroatoms. The molecule has 1 rings (SSSR count). The lowest BCUT2D eigenvalue weighted by atomic mass is 10.2. The molecule has 1 aromatic rings. The molecule has 1 atom stereocenters. The Bertz CT molecular complexity index is 638. The third-order valence-electron chi connectivity index (χ3n) is 2.57. The van der Waals surface area contributed by atoms with Gasteiger partial charge in [-0.1, -0.05) is 6.07 Å². The van der Waals surface area contributed by atoms with Crippen molar-refractivity contribution in [2.75, 3.05) is 13.1 Å². The van der Waals surface area contributed by atoms with Gasteiger partial charge in [-0.2, -0.15) is 13.2 Å². The van der Waals surface area contributed by atoms with Crippen LogP contribution in [0.1, 0.15) is 17.3 Å². The van der Waals surface area contributed by atoms with E-state index in [0.717, 1.165) is 6.07 Å². The number of halogens is 4. The second-order valence-corrected chi connectivity index (χ2v) is 6.30. The first kappa shape index (κ1) is 21.6. The fourth-order valence-electron chi connectivity index (χ4n) is 1.47. The van der Waals surface area contributed by atoms with E-state index >= 15 is 0 Å². The van der Waals surface area contributed by atoms with Crippen LogP contribution >= 0.6 is 12.4 Å². The molecule has 0 heterocycles. The predicted octanol–water partition coefficient (Wildman–Crippen LogP) is 1.03. The van der Waals surface area contributed by atoms with Crippen LogP contribution in [0.25, 0.3) is 0 Å². The zero-order valence-corrected chi connectivity index (χ0v) is 13.7. The van der Waals surface area contributed by atoms with E-state index in [9.17, 15) is 26.4 Å². The number of hydrogen-bond donors (Lipinski definition) is 3. The summed E-state index contributed by atoms with van der Waals surface area (Å²) in [6.07, 6.45) is -4.54. The summed E-state index contributed by atoms with van der Waals surface area (Å²) >= 11 is 0. The molecule has 0 aliphatic rings. The van der Waals surface area contributed by atoms with E-state index in [1.165, 1.54) is 18.2 Å². The van der Waals surface area contributed by atoms with Gasteiger partial charge in [-0.15, -0.1) is 12.4 Å². The molecule has 0 saturated heterocycles. The maximum absolute atomic E-state index is 12.1. The van der Waals surface area contributed by atoms with Crippen molar-refractivity contribution < 1.29 is 26.4 Å². The number of nitrogens with one attached hydrogen (secondary N) is 2. The van der Waals surface area contributed by atoms with E-state index in [2.05, 4.69) is 4.72 Å². The van der Waals surface area contributed by atoms with Gasteiger partial charge < -0.3 is 11.1 Å². The van der Waals surface area contributed by atoms with Crippen molar-refractivity contribution in [3.05, 3.63) is 29.8 Å². The first-order valence-corrected chi connectivity index (χ1v) is 7.71. The van der Waals surface area contributed by atoms with Gasteiger partial charge in [0.2, 0.25) is 10.0 Å².